The van der Waals surface area contributed by atoms with E-state index < -0.39 is 17.3 Å². The van der Waals surface area contributed by atoms with E-state index in [2.05, 4.69) is 10.3 Å². The predicted molar refractivity (Wildman–Crippen MR) is 66.7 cm³/mol. The van der Waals surface area contributed by atoms with Gasteiger partial charge < -0.3 is 4.90 Å². The number of carbonyl (C=O) groups is 1. The van der Waals surface area contributed by atoms with Crippen molar-refractivity contribution in [3.8, 4) is 0 Å². The Morgan fingerprint density at radius 2 is 2.05 bits per heavy atom. The molecule has 2 rings (SSSR count). The molecule has 1 saturated carbocycles. The average Bonchev–Trinajstić information content (AvgIpc) is 3.16. The van der Waals surface area contributed by atoms with Crippen LogP contribution >= 0.6 is 0 Å². The molecule has 1 amide bonds. The van der Waals surface area contributed by atoms with Crippen molar-refractivity contribution in [2.75, 3.05) is 14.1 Å². The molecule has 7 heteroatoms. The van der Waals surface area contributed by atoms with Gasteiger partial charge >= 0.3 is 6.18 Å². The van der Waals surface area contributed by atoms with Crippen LogP contribution in [0.25, 0.3) is 0 Å². The van der Waals surface area contributed by atoms with E-state index in [1.165, 1.54) is 11.0 Å². The molecular formula is C13H16F3N3O. The summed E-state index contributed by atoms with van der Waals surface area (Å²) in [5.74, 6) is -0.00980. The third-order valence-electron chi connectivity index (χ3n) is 3.33. The highest BCUT2D eigenvalue weighted by Crippen LogP contribution is 2.37. The Kier molecular flexibility index (Phi) is 3.73. The van der Waals surface area contributed by atoms with Crippen LogP contribution in [0.15, 0.2) is 18.3 Å². The van der Waals surface area contributed by atoms with E-state index >= 15 is 0 Å². The fourth-order valence-corrected chi connectivity index (χ4v) is 1.98. The second-order valence-corrected chi connectivity index (χ2v) is 5.17. The maximum Gasteiger partial charge on any atom is 0.417 e. The number of halogens is 3. The lowest BCUT2D eigenvalue weighted by atomic mass is 10.2. The van der Waals surface area contributed by atoms with E-state index in [0.717, 1.165) is 25.1 Å². The number of alkyl halides is 3. The number of rotatable bonds is 4. The molecule has 0 saturated heterocycles. The van der Waals surface area contributed by atoms with Crippen molar-refractivity contribution in [2.45, 2.75) is 31.1 Å². The molecule has 1 heterocycles. The zero-order valence-electron chi connectivity index (χ0n) is 11.3. The summed E-state index contributed by atoms with van der Waals surface area (Å²) in [4.78, 5) is 17.2. The van der Waals surface area contributed by atoms with Crippen LogP contribution in [0.4, 0.5) is 13.2 Å². The minimum Gasteiger partial charge on any atom is -0.347 e. The predicted octanol–water partition coefficient (Wildman–Crippen LogP) is 1.81. The minimum atomic E-state index is -4.38. The fraction of sp³-hybridized carbons (Fsp3) is 0.538. The summed E-state index contributed by atoms with van der Waals surface area (Å²) in [6.45, 7) is 0.276. The Hall–Kier alpha value is -1.63. The van der Waals surface area contributed by atoms with Gasteiger partial charge in [0.2, 0.25) is 5.91 Å². The summed E-state index contributed by atoms with van der Waals surface area (Å²) in [6.07, 6.45) is -2.09. The van der Waals surface area contributed by atoms with Crippen molar-refractivity contribution >= 4 is 5.91 Å². The van der Waals surface area contributed by atoms with Gasteiger partial charge in [-0.05, 0) is 25.0 Å². The van der Waals surface area contributed by atoms with Crippen LogP contribution in [-0.2, 0) is 17.5 Å². The fourth-order valence-electron chi connectivity index (χ4n) is 1.98. The van der Waals surface area contributed by atoms with Crippen LogP contribution in [0, 0.1) is 0 Å². The Morgan fingerprint density at radius 3 is 2.45 bits per heavy atom. The van der Waals surface area contributed by atoms with Gasteiger partial charge in [0.05, 0.1) is 16.8 Å². The Labute approximate surface area is 115 Å². The molecule has 1 N–H and O–H groups in total. The smallest absolute Gasteiger partial charge is 0.347 e. The van der Waals surface area contributed by atoms with Gasteiger partial charge in [-0.15, -0.1) is 0 Å². The highest BCUT2D eigenvalue weighted by Gasteiger charge is 2.50. The van der Waals surface area contributed by atoms with Crippen molar-refractivity contribution in [2.24, 2.45) is 0 Å². The van der Waals surface area contributed by atoms with Crippen LogP contribution in [0.1, 0.15) is 24.1 Å². The standard InChI is InChI=1S/C13H16F3N3O/c1-19(2)11(20)12(5-6-12)18-8-10-4-3-9(7-17-10)13(14,15)16/h3-4,7,18H,5-6,8H2,1-2H3. The molecule has 4 nitrogen and oxygen atoms in total. The van der Waals surface area contributed by atoms with E-state index in [9.17, 15) is 18.0 Å². The molecule has 0 radical (unpaired) electrons. The first-order valence-electron chi connectivity index (χ1n) is 6.23. The molecule has 0 aromatic carbocycles. The van der Waals surface area contributed by atoms with Gasteiger partial charge in [0.25, 0.3) is 0 Å². The van der Waals surface area contributed by atoms with Gasteiger partial charge in [-0.1, -0.05) is 0 Å². The minimum absolute atomic E-state index is 0.00980. The zero-order chi connectivity index (χ0) is 15.0. The number of aromatic nitrogens is 1. The zero-order valence-corrected chi connectivity index (χ0v) is 11.3. The molecule has 1 aliphatic carbocycles. The van der Waals surface area contributed by atoms with Gasteiger partial charge in [-0.2, -0.15) is 13.2 Å². The number of pyridine rings is 1. The van der Waals surface area contributed by atoms with E-state index in [1.807, 2.05) is 0 Å². The largest absolute Gasteiger partial charge is 0.417 e. The van der Waals surface area contributed by atoms with E-state index in [4.69, 9.17) is 0 Å². The molecule has 1 aromatic heterocycles. The number of likely N-dealkylation sites (N-methyl/N-ethyl adjacent to an activating group) is 1. The monoisotopic (exact) mass is 287 g/mol. The second kappa shape index (κ2) is 5.05. The highest BCUT2D eigenvalue weighted by atomic mass is 19.4. The third kappa shape index (κ3) is 3.09. The molecule has 1 aliphatic rings. The molecule has 0 spiro atoms. The lowest BCUT2D eigenvalue weighted by Gasteiger charge is -2.20. The maximum atomic E-state index is 12.4. The summed E-state index contributed by atoms with van der Waals surface area (Å²) in [5.41, 5.74) is -0.851. The first kappa shape index (κ1) is 14.8. The van der Waals surface area contributed by atoms with Crippen LogP contribution in [0.5, 0.6) is 0 Å². The lowest BCUT2D eigenvalue weighted by Crippen LogP contribution is -2.45. The lowest BCUT2D eigenvalue weighted by molar-refractivity contribution is -0.137. The number of nitrogens with one attached hydrogen (secondary N) is 1. The van der Waals surface area contributed by atoms with E-state index in [0.29, 0.717) is 5.69 Å². The molecule has 0 bridgehead atoms. The van der Waals surface area contributed by atoms with Crippen molar-refractivity contribution in [1.82, 2.24) is 15.2 Å². The Balaban J connectivity index is 1.97. The topological polar surface area (TPSA) is 45.2 Å². The summed E-state index contributed by atoms with van der Waals surface area (Å²) in [6, 6.07) is 2.32. The van der Waals surface area contributed by atoms with Gasteiger partial charge in [-0.3, -0.25) is 15.1 Å². The number of carbonyl (C=O) groups excluding carboxylic acids is 1. The second-order valence-electron chi connectivity index (χ2n) is 5.17. The highest BCUT2D eigenvalue weighted by molar-refractivity contribution is 5.88. The molecule has 20 heavy (non-hydrogen) atoms. The molecule has 1 aromatic rings. The molecule has 1 fully saturated rings. The first-order valence-corrected chi connectivity index (χ1v) is 6.23. The number of hydrogen-bond donors (Lipinski definition) is 1. The van der Waals surface area contributed by atoms with Crippen molar-refractivity contribution in [1.29, 1.82) is 0 Å². The third-order valence-corrected chi connectivity index (χ3v) is 3.33. The SMILES string of the molecule is CN(C)C(=O)C1(NCc2ccc(C(F)(F)F)cn2)CC1. The summed E-state index contributed by atoms with van der Waals surface area (Å²) < 4.78 is 37.2. The molecule has 0 atom stereocenters. The van der Waals surface area contributed by atoms with Crippen molar-refractivity contribution in [3.63, 3.8) is 0 Å². The summed E-state index contributed by atoms with van der Waals surface area (Å²) in [5, 5.41) is 3.09. The van der Waals surface area contributed by atoms with Crippen molar-refractivity contribution in [3.05, 3.63) is 29.6 Å². The summed E-state index contributed by atoms with van der Waals surface area (Å²) >= 11 is 0. The van der Waals surface area contributed by atoms with Gasteiger partial charge in [-0.25, -0.2) is 0 Å². The molecule has 110 valence electrons. The maximum absolute atomic E-state index is 12.4. The van der Waals surface area contributed by atoms with Gasteiger partial charge in [0.15, 0.2) is 0 Å². The van der Waals surface area contributed by atoms with Gasteiger partial charge in [0.1, 0.15) is 0 Å². The summed E-state index contributed by atoms with van der Waals surface area (Å²) in [7, 11) is 3.36. The van der Waals surface area contributed by atoms with Gasteiger partial charge in [0, 0.05) is 26.8 Å². The molecule has 0 aliphatic heterocycles. The number of nitrogens with zero attached hydrogens (tertiary/aromatic N) is 2. The van der Waals surface area contributed by atoms with Crippen LogP contribution < -0.4 is 5.32 Å². The molecular weight excluding hydrogens is 271 g/mol. The van der Waals surface area contributed by atoms with E-state index in [1.54, 1.807) is 14.1 Å². The Bertz CT molecular complexity index is 493. The van der Waals surface area contributed by atoms with Crippen LogP contribution in [0.2, 0.25) is 0 Å². The normalized spacial score (nSPS) is 16.9. The quantitative estimate of drug-likeness (QED) is 0.918. The van der Waals surface area contributed by atoms with Crippen molar-refractivity contribution < 1.29 is 18.0 Å². The average molecular weight is 287 g/mol. The van der Waals surface area contributed by atoms with Crippen LogP contribution in [0.3, 0.4) is 0 Å². The molecule has 0 unspecified atom stereocenters. The van der Waals surface area contributed by atoms with Crippen LogP contribution in [-0.4, -0.2) is 35.4 Å². The first-order chi connectivity index (χ1) is 9.24. The Morgan fingerprint density at radius 1 is 1.40 bits per heavy atom. The van der Waals surface area contributed by atoms with E-state index in [-0.39, 0.29) is 12.5 Å². The number of hydrogen-bond acceptors (Lipinski definition) is 3. The number of amides is 1.